The zero-order chi connectivity index (χ0) is 13.1. The van der Waals surface area contributed by atoms with Gasteiger partial charge in [0.25, 0.3) is 5.91 Å². The monoisotopic (exact) mass is 267 g/mol. The van der Waals surface area contributed by atoms with Crippen molar-refractivity contribution in [3.05, 3.63) is 28.8 Å². The van der Waals surface area contributed by atoms with Gasteiger partial charge in [-0.2, -0.15) is 0 Å². The van der Waals surface area contributed by atoms with E-state index in [0.717, 1.165) is 25.9 Å². The van der Waals surface area contributed by atoms with Crippen molar-refractivity contribution in [3.63, 3.8) is 0 Å². The van der Waals surface area contributed by atoms with Crippen molar-refractivity contribution in [2.24, 2.45) is 5.92 Å². The molecule has 18 heavy (non-hydrogen) atoms. The molecule has 3 nitrogen and oxygen atoms in total. The fourth-order valence-electron chi connectivity index (χ4n) is 2.19. The number of benzene rings is 1. The highest BCUT2D eigenvalue weighted by atomic mass is 35.5. The molecule has 1 aliphatic heterocycles. The molecule has 0 aliphatic carbocycles. The summed E-state index contributed by atoms with van der Waals surface area (Å²) in [7, 11) is 1.56. The number of hydrogen-bond donors (Lipinski definition) is 0. The highest BCUT2D eigenvalue weighted by Gasteiger charge is 2.21. The minimum Gasteiger partial charge on any atom is -0.495 e. The van der Waals surface area contributed by atoms with E-state index in [2.05, 4.69) is 6.92 Å². The number of rotatable bonds is 2. The Kier molecular flexibility index (Phi) is 4.12. The third-order valence-electron chi connectivity index (χ3n) is 3.47. The number of methoxy groups -OCH3 is 1. The van der Waals surface area contributed by atoms with Crippen molar-refractivity contribution in [2.75, 3.05) is 20.2 Å². The molecule has 4 heteroatoms. The molecule has 1 amide bonds. The quantitative estimate of drug-likeness (QED) is 0.823. The van der Waals surface area contributed by atoms with Crippen molar-refractivity contribution in [1.82, 2.24) is 4.90 Å². The first-order valence-corrected chi connectivity index (χ1v) is 6.62. The van der Waals surface area contributed by atoms with Crippen LogP contribution in [0.2, 0.25) is 5.02 Å². The number of nitrogens with zero attached hydrogens (tertiary/aromatic N) is 1. The van der Waals surface area contributed by atoms with Gasteiger partial charge >= 0.3 is 0 Å². The number of hydrogen-bond acceptors (Lipinski definition) is 2. The Morgan fingerprint density at radius 1 is 1.39 bits per heavy atom. The Bertz CT molecular complexity index is 439. The van der Waals surface area contributed by atoms with E-state index < -0.39 is 0 Å². The predicted molar refractivity (Wildman–Crippen MR) is 72.3 cm³/mol. The Morgan fingerprint density at radius 2 is 2.06 bits per heavy atom. The van der Waals surface area contributed by atoms with Gasteiger partial charge < -0.3 is 9.64 Å². The van der Waals surface area contributed by atoms with Crippen molar-refractivity contribution in [2.45, 2.75) is 19.8 Å². The molecule has 2 rings (SSSR count). The van der Waals surface area contributed by atoms with Crippen LogP contribution in [0.3, 0.4) is 0 Å². The molecular formula is C14H18ClNO2. The van der Waals surface area contributed by atoms with E-state index in [4.69, 9.17) is 16.3 Å². The van der Waals surface area contributed by atoms with Crippen LogP contribution in [0.5, 0.6) is 5.75 Å². The number of piperidine rings is 1. The van der Waals surface area contributed by atoms with Crippen LogP contribution in [-0.4, -0.2) is 31.0 Å². The third kappa shape index (κ3) is 2.78. The Labute approximate surface area is 113 Å². The molecule has 1 saturated heterocycles. The smallest absolute Gasteiger partial charge is 0.253 e. The fourth-order valence-corrected chi connectivity index (χ4v) is 2.45. The highest BCUT2D eigenvalue weighted by molar-refractivity contribution is 6.32. The molecule has 0 unspecified atom stereocenters. The van der Waals surface area contributed by atoms with Crippen LogP contribution in [0.4, 0.5) is 0 Å². The SMILES string of the molecule is COc1ccc(C(=O)N2CCC(C)CC2)cc1Cl. The lowest BCUT2D eigenvalue weighted by molar-refractivity contribution is 0.0697. The molecule has 1 aliphatic rings. The van der Waals surface area contributed by atoms with Gasteiger partial charge in [0.15, 0.2) is 0 Å². The molecule has 0 bridgehead atoms. The van der Waals surface area contributed by atoms with Gasteiger partial charge in [-0.15, -0.1) is 0 Å². The van der Waals surface area contributed by atoms with Gasteiger partial charge in [-0.25, -0.2) is 0 Å². The average molecular weight is 268 g/mol. The van der Waals surface area contributed by atoms with Crippen molar-refractivity contribution >= 4 is 17.5 Å². The van der Waals surface area contributed by atoms with E-state index in [1.54, 1.807) is 25.3 Å². The number of carbonyl (C=O) groups is 1. The Hall–Kier alpha value is -1.22. The zero-order valence-electron chi connectivity index (χ0n) is 10.8. The first kappa shape index (κ1) is 13.2. The maximum Gasteiger partial charge on any atom is 0.253 e. The largest absolute Gasteiger partial charge is 0.495 e. The minimum absolute atomic E-state index is 0.0615. The summed E-state index contributed by atoms with van der Waals surface area (Å²) < 4.78 is 5.08. The van der Waals surface area contributed by atoms with Crippen LogP contribution in [0.1, 0.15) is 30.1 Å². The highest BCUT2D eigenvalue weighted by Crippen LogP contribution is 2.26. The van der Waals surface area contributed by atoms with Crippen molar-refractivity contribution < 1.29 is 9.53 Å². The molecule has 0 radical (unpaired) electrons. The lowest BCUT2D eigenvalue weighted by Gasteiger charge is -2.30. The topological polar surface area (TPSA) is 29.5 Å². The van der Waals surface area contributed by atoms with Gasteiger partial charge in [-0.3, -0.25) is 4.79 Å². The van der Waals surface area contributed by atoms with Crippen LogP contribution in [-0.2, 0) is 0 Å². The summed E-state index contributed by atoms with van der Waals surface area (Å²) in [6.07, 6.45) is 2.16. The molecule has 1 aromatic carbocycles. The molecule has 1 heterocycles. The summed E-state index contributed by atoms with van der Waals surface area (Å²) in [6, 6.07) is 5.19. The number of carbonyl (C=O) groups excluding carboxylic acids is 1. The van der Waals surface area contributed by atoms with Gasteiger partial charge in [-0.1, -0.05) is 18.5 Å². The number of amides is 1. The van der Waals surface area contributed by atoms with Crippen molar-refractivity contribution in [3.8, 4) is 5.75 Å². The van der Waals surface area contributed by atoms with E-state index in [9.17, 15) is 4.79 Å². The van der Waals surface area contributed by atoms with Crippen LogP contribution in [0.25, 0.3) is 0 Å². The average Bonchev–Trinajstić information content (AvgIpc) is 2.38. The maximum atomic E-state index is 12.3. The first-order chi connectivity index (χ1) is 8.61. The van der Waals surface area contributed by atoms with Crippen LogP contribution in [0.15, 0.2) is 18.2 Å². The summed E-state index contributed by atoms with van der Waals surface area (Å²) in [5, 5.41) is 0.480. The number of ether oxygens (including phenoxy) is 1. The fraction of sp³-hybridized carbons (Fsp3) is 0.500. The maximum absolute atomic E-state index is 12.3. The Morgan fingerprint density at radius 3 is 2.61 bits per heavy atom. The van der Waals surface area contributed by atoms with E-state index in [-0.39, 0.29) is 5.91 Å². The summed E-state index contributed by atoms with van der Waals surface area (Å²) >= 11 is 6.04. The van der Waals surface area contributed by atoms with E-state index in [1.807, 2.05) is 4.90 Å². The molecule has 0 saturated carbocycles. The molecule has 0 spiro atoms. The summed E-state index contributed by atoms with van der Waals surface area (Å²) in [6.45, 7) is 3.90. The summed E-state index contributed by atoms with van der Waals surface area (Å²) in [4.78, 5) is 14.2. The second kappa shape index (κ2) is 5.61. The number of halogens is 1. The van der Waals surface area contributed by atoms with Gasteiger partial charge in [-0.05, 0) is 37.0 Å². The molecular weight excluding hydrogens is 250 g/mol. The predicted octanol–water partition coefficient (Wildman–Crippen LogP) is 3.22. The molecule has 0 atom stereocenters. The van der Waals surface area contributed by atoms with Crippen LogP contribution >= 0.6 is 11.6 Å². The van der Waals surface area contributed by atoms with Gasteiger partial charge in [0.05, 0.1) is 12.1 Å². The molecule has 98 valence electrons. The third-order valence-corrected chi connectivity index (χ3v) is 3.76. The van der Waals surface area contributed by atoms with Gasteiger partial charge in [0, 0.05) is 18.7 Å². The summed E-state index contributed by atoms with van der Waals surface area (Å²) in [5.74, 6) is 1.38. The van der Waals surface area contributed by atoms with Crippen LogP contribution in [0, 0.1) is 5.92 Å². The van der Waals surface area contributed by atoms with Crippen molar-refractivity contribution in [1.29, 1.82) is 0 Å². The second-order valence-corrected chi connectivity index (χ2v) is 5.23. The lowest BCUT2D eigenvalue weighted by Crippen LogP contribution is -2.37. The lowest BCUT2D eigenvalue weighted by atomic mass is 9.98. The first-order valence-electron chi connectivity index (χ1n) is 6.24. The van der Waals surface area contributed by atoms with Gasteiger partial charge in [0.1, 0.15) is 5.75 Å². The molecule has 1 aromatic rings. The van der Waals surface area contributed by atoms with E-state index in [0.29, 0.717) is 22.3 Å². The number of likely N-dealkylation sites (tertiary alicyclic amines) is 1. The van der Waals surface area contributed by atoms with E-state index in [1.165, 1.54) is 0 Å². The van der Waals surface area contributed by atoms with Crippen LogP contribution < -0.4 is 4.74 Å². The van der Waals surface area contributed by atoms with Gasteiger partial charge in [0.2, 0.25) is 0 Å². The molecule has 0 aromatic heterocycles. The second-order valence-electron chi connectivity index (χ2n) is 4.82. The summed E-state index contributed by atoms with van der Waals surface area (Å²) in [5.41, 5.74) is 0.635. The van der Waals surface area contributed by atoms with E-state index >= 15 is 0 Å². The Balaban J connectivity index is 2.11. The normalized spacial score (nSPS) is 16.7. The standard InChI is InChI=1S/C14H18ClNO2/c1-10-5-7-16(8-6-10)14(17)11-3-4-13(18-2)12(15)9-11/h3-4,9-10H,5-8H2,1-2H3. The molecule has 1 fully saturated rings. The zero-order valence-corrected chi connectivity index (χ0v) is 11.5. The minimum atomic E-state index is 0.0615. The molecule has 0 N–H and O–H groups in total.